The van der Waals surface area contributed by atoms with Crippen molar-refractivity contribution in [2.45, 2.75) is 19.8 Å². The highest BCUT2D eigenvalue weighted by atomic mass is 19.1. The van der Waals surface area contributed by atoms with Crippen LogP contribution in [0.2, 0.25) is 0 Å². The Bertz CT molecular complexity index is 508. The standard InChI is InChI=1S/C16H22FN3O/c1-12-9-18-5-2-15(12)19-6-3-14(4-7-19)16(21)20-10-13(8-17)11-20/h2,5,9,13-14H,3-4,6-8,10-11H2,1H3. The number of carbonyl (C=O) groups is 1. The number of piperidine rings is 1. The van der Waals surface area contributed by atoms with Crippen LogP contribution in [0.4, 0.5) is 10.1 Å². The summed E-state index contributed by atoms with van der Waals surface area (Å²) in [5, 5.41) is 0. The van der Waals surface area contributed by atoms with Crippen LogP contribution in [-0.4, -0.2) is 48.6 Å². The molecule has 1 aromatic rings. The summed E-state index contributed by atoms with van der Waals surface area (Å²) in [5.41, 5.74) is 2.40. The van der Waals surface area contributed by atoms with Gasteiger partial charge in [-0.15, -0.1) is 0 Å². The normalized spacial score (nSPS) is 20.5. The molecule has 5 heteroatoms. The zero-order valence-corrected chi connectivity index (χ0v) is 12.5. The topological polar surface area (TPSA) is 36.4 Å². The van der Waals surface area contributed by atoms with Crippen molar-refractivity contribution >= 4 is 11.6 Å². The maximum absolute atomic E-state index is 12.4. The van der Waals surface area contributed by atoms with E-state index in [-0.39, 0.29) is 24.4 Å². The predicted octanol–water partition coefficient (Wildman–Crippen LogP) is 2.03. The number of rotatable bonds is 3. The molecule has 114 valence electrons. The number of carbonyl (C=O) groups excluding carboxylic acids is 1. The van der Waals surface area contributed by atoms with Crippen molar-refractivity contribution in [2.75, 3.05) is 37.8 Å². The van der Waals surface area contributed by atoms with E-state index in [1.807, 2.05) is 23.4 Å². The number of amides is 1. The third-order valence-corrected chi connectivity index (χ3v) is 4.66. The molecule has 21 heavy (non-hydrogen) atoms. The second-order valence-corrected chi connectivity index (χ2v) is 6.19. The molecular formula is C16H22FN3O. The molecule has 0 atom stereocenters. The van der Waals surface area contributed by atoms with Gasteiger partial charge in [-0.3, -0.25) is 14.2 Å². The van der Waals surface area contributed by atoms with Crippen molar-refractivity contribution in [1.29, 1.82) is 0 Å². The fourth-order valence-corrected chi connectivity index (χ4v) is 3.29. The highest BCUT2D eigenvalue weighted by Gasteiger charge is 2.35. The summed E-state index contributed by atoms with van der Waals surface area (Å²) < 4.78 is 12.4. The van der Waals surface area contributed by atoms with Crippen molar-refractivity contribution in [3.05, 3.63) is 24.0 Å². The Labute approximate surface area is 125 Å². The van der Waals surface area contributed by atoms with Crippen LogP contribution in [0.5, 0.6) is 0 Å². The SMILES string of the molecule is Cc1cnccc1N1CCC(C(=O)N2CC(CF)C2)CC1. The van der Waals surface area contributed by atoms with E-state index >= 15 is 0 Å². The number of hydrogen-bond acceptors (Lipinski definition) is 3. The lowest BCUT2D eigenvalue weighted by Gasteiger charge is -2.42. The molecule has 2 aliphatic rings. The third-order valence-electron chi connectivity index (χ3n) is 4.66. The van der Waals surface area contributed by atoms with Crippen molar-refractivity contribution in [1.82, 2.24) is 9.88 Å². The number of likely N-dealkylation sites (tertiary alicyclic amines) is 1. The number of aromatic nitrogens is 1. The van der Waals surface area contributed by atoms with E-state index in [1.165, 1.54) is 11.3 Å². The van der Waals surface area contributed by atoms with Gasteiger partial charge in [0.2, 0.25) is 5.91 Å². The Kier molecular flexibility index (Phi) is 4.08. The molecule has 0 N–H and O–H groups in total. The molecule has 0 spiro atoms. The molecule has 4 nitrogen and oxygen atoms in total. The first-order valence-corrected chi connectivity index (χ1v) is 7.69. The summed E-state index contributed by atoms with van der Waals surface area (Å²) in [6.07, 6.45) is 5.47. The van der Waals surface area contributed by atoms with E-state index in [4.69, 9.17) is 0 Å². The minimum Gasteiger partial charge on any atom is -0.371 e. The number of hydrogen-bond donors (Lipinski definition) is 0. The lowest BCUT2D eigenvalue weighted by Crippen LogP contribution is -2.54. The molecular weight excluding hydrogens is 269 g/mol. The van der Waals surface area contributed by atoms with Gasteiger partial charge in [-0.25, -0.2) is 0 Å². The Morgan fingerprint density at radius 1 is 1.38 bits per heavy atom. The van der Waals surface area contributed by atoms with E-state index in [0.717, 1.165) is 25.9 Å². The number of anilines is 1. The third kappa shape index (κ3) is 2.87. The summed E-state index contributed by atoms with van der Waals surface area (Å²) in [4.78, 5) is 20.6. The van der Waals surface area contributed by atoms with Crippen LogP contribution < -0.4 is 4.90 Å². The lowest BCUT2D eigenvalue weighted by molar-refractivity contribution is -0.143. The molecule has 0 bridgehead atoms. The van der Waals surface area contributed by atoms with Gasteiger partial charge in [-0.2, -0.15) is 0 Å². The van der Waals surface area contributed by atoms with Crippen LogP contribution in [-0.2, 0) is 4.79 Å². The molecule has 0 saturated carbocycles. The molecule has 2 saturated heterocycles. The van der Waals surface area contributed by atoms with Crippen molar-refractivity contribution in [2.24, 2.45) is 11.8 Å². The maximum Gasteiger partial charge on any atom is 0.225 e. The van der Waals surface area contributed by atoms with Gasteiger partial charge in [-0.05, 0) is 31.4 Å². The predicted molar refractivity (Wildman–Crippen MR) is 80.0 cm³/mol. The zero-order valence-electron chi connectivity index (χ0n) is 12.5. The smallest absolute Gasteiger partial charge is 0.225 e. The second-order valence-electron chi connectivity index (χ2n) is 6.19. The molecule has 1 aromatic heterocycles. The number of halogens is 1. The van der Waals surface area contributed by atoms with Gasteiger partial charge in [-0.1, -0.05) is 0 Å². The Morgan fingerprint density at radius 2 is 2.10 bits per heavy atom. The quantitative estimate of drug-likeness (QED) is 0.855. The van der Waals surface area contributed by atoms with E-state index in [9.17, 15) is 9.18 Å². The summed E-state index contributed by atoms with van der Waals surface area (Å²) in [6, 6.07) is 2.04. The number of alkyl halides is 1. The van der Waals surface area contributed by atoms with Crippen LogP contribution in [0.1, 0.15) is 18.4 Å². The first-order valence-electron chi connectivity index (χ1n) is 7.69. The molecule has 2 aliphatic heterocycles. The largest absolute Gasteiger partial charge is 0.371 e. The average Bonchev–Trinajstić information content (AvgIpc) is 2.47. The average molecular weight is 291 g/mol. The number of aryl methyl sites for hydroxylation is 1. The van der Waals surface area contributed by atoms with Gasteiger partial charge >= 0.3 is 0 Å². The monoisotopic (exact) mass is 291 g/mol. The van der Waals surface area contributed by atoms with Gasteiger partial charge in [0.15, 0.2) is 0 Å². The van der Waals surface area contributed by atoms with Gasteiger partial charge in [0.25, 0.3) is 0 Å². The van der Waals surface area contributed by atoms with Gasteiger partial charge < -0.3 is 9.80 Å². The van der Waals surface area contributed by atoms with Crippen molar-refractivity contribution in [3.63, 3.8) is 0 Å². The Hall–Kier alpha value is -1.65. The summed E-state index contributed by atoms with van der Waals surface area (Å²) >= 11 is 0. The molecule has 3 heterocycles. The molecule has 2 fully saturated rings. The van der Waals surface area contributed by atoms with Gasteiger partial charge in [0.1, 0.15) is 0 Å². The Balaban J connectivity index is 1.54. The van der Waals surface area contributed by atoms with Crippen molar-refractivity contribution in [3.8, 4) is 0 Å². The number of nitrogens with zero attached hydrogens (tertiary/aromatic N) is 3. The van der Waals surface area contributed by atoms with Gasteiger partial charge in [0, 0.05) is 56.1 Å². The van der Waals surface area contributed by atoms with E-state index in [2.05, 4.69) is 16.8 Å². The summed E-state index contributed by atoms with van der Waals surface area (Å²) in [5.74, 6) is 0.420. The van der Waals surface area contributed by atoms with Crippen LogP contribution in [0.25, 0.3) is 0 Å². The molecule has 0 aliphatic carbocycles. The Morgan fingerprint density at radius 3 is 2.71 bits per heavy atom. The highest BCUT2D eigenvalue weighted by Crippen LogP contribution is 2.28. The molecule has 0 aromatic carbocycles. The fraction of sp³-hybridized carbons (Fsp3) is 0.625. The van der Waals surface area contributed by atoms with Crippen molar-refractivity contribution < 1.29 is 9.18 Å². The minimum atomic E-state index is -0.302. The molecule has 0 unspecified atom stereocenters. The molecule has 1 amide bonds. The van der Waals surface area contributed by atoms with E-state index in [0.29, 0.717) is 13.1 Å². The summed E-state index contributed by atoms with van der Waals surface area (Å²) in [7, 11) is 0. The lowest BCUT2D eigenvalue weighted by atomic mass is 9.91. The van der Waals surface area contributed by atoms with Crippen LogP contribution in [0.3, 0.4) is 0 Å². The maximum atomic E-state index is 12.4. The second kappa shape index (κ2) is 6.00. The fourth-order valence-electron chi connectivity index (χ4n) is 3.29. The zero-order chi connectivity index (χ0) is 14.8. The minimum absolute atomic E-state index is 0.0773. The highest BCUT2D eigenvalue weighted by molar-refractivity contribution is 5.80. The summed E-state index contributed by atoms with van der Waals surface area (Å²) in [6.45, 7) is 4.79. The first kappa shape index (κ1) is 14.3. The first-order chi connectivity index (χ1) is 10.2. The van der Waals surface area contributed by atoms with Crippen LogP contribution in [0.15, 0.2) is 18.5 Å². The van der Waals surface area contributed by atoms with Gasteiger partial charge in [0.05, 0.1) is 6.67 Å². The molecule has 3 rings (SSSR count). The van der Waals surface area contributed by atoms with E-state index in [1.54, 1.807) is 0 Å². The number of pyridine rings is 1. The van der Waals surface area contributed by atoms with Crippen LogP contribution >= 0.6 is 0 Å². The van der Waals surface area contributed by atoms with E-state index < -0.39 is 0 Å². The molecule has 0 radical (unpaired) electrons. The van der Waals surface area contributed by atoms with Crippen LogP contribution in [0, 0.1) is 18.8 Å².